The van der Waals surface area contributed by atoms with Crippen molar-refractivity contribution in [3.63, 3.8) is 0 Å². The number of benzene rings is 1. The van der Waals surface area contributed by atoms with E-state index in [-0.39, 0.29) is 11.6 Å². The van der Waals surface area contributed by atoms with Crippen LogP contribution >= 0.6 is 11.3 Å². The molecule has 1 aliphatic rings. The molecule has 0 unspecified atom stereocenters. The van der Waals surface area contributed by atoms with Crippen LogP contribution in [0.1, 0.15) is 50.5 Å². The number of hydrogen-bond donors (Lipinski definition) is 0. The minimum Gasteiger partial charge on any atom is -0.288 e. The van der Waals surface area contributed by atoms with Gasteiger partial charge in [-0.1, -0.05) is 6.42 Å². The molecule has 0 radical (unpaired) electrons. The molecule has 0 N–H and O–H groups in total. The zero-order valence-electron chi connectivity index (χ0n) is 11.5. The first-order chi connectivity index (χ1) is 9.65. The number of fused-ring (bicyclic) bond motifs is 1. The van der Waals surface area contributed by atoms with Gasteiger partial charge in [0, 0.05) is 10.4 Å². The molecular formula is C17H17FOS. The Kier molecular flexibility index (Phi) is 3.70. The number of carbonyl (C=O) groups is 1. The first kappa shape index (κ1) is 13.5. The first-order valence-corrected chi connectivity index (χ1v) is 7.89. The summed E-state index contributed by atoms with van der Waals surface area (Å²) in [6, 6.07) is 6.64. The molecule has 2 aromatic rings. The predicted molar refractivity (Wildman–Crippen MR) is 80.1 cm³/mol. The average Bonchev–Trinajstić information content (AvgIpc) is 2.72. The zero-order valence-corrected chi connectivity index (χ0v) is 12.4. The monoisotopic (exact) mass is 288 g/mol. The highest BCUT2D eigenvalue weighted by molar-refractivity contribution is 7.14. The van der Waals surface area contributed by atoms with Gasteiger partial charge in [0.25, 0.3) is 0 Å². The highest BCUT2D eigenvalue weighted by Gasteiger charge is 2.18. The Morgan fingerprint density at radius 2 is 1.95 bits per heavy atom. The highest BCUT2D eigenvalue weighted by Crippen LogP contribution is 2.30. The Morgan fingerprint density at radius 1 is 1.15 bits per heavy atom. The minimum atomic E-state index is -0.261. The Balaban J connectivity index is 1.92. The molecule has 0 amide bonds. The Bertz CT molecular complexity index is 634. The summed E-state index contributed by atoms with van der Waals surface area (Å²) in [5.41, 5.74) is 2.45. The number of hydrogen-bond acceptors (Lipinski definition) is 2. The van der Waals surface area contributed by atoms with Crippen molar-refractivity contribution in [2.24, 2.45) is 0 Å². The smallest absolute Gasteiger partial charge is 0.202 e. The molecule has 104 valence electrons. The molecule has 20 heavy (non-hydrogen) atoms. The van der Waals surface area contributed by atoms with Gasteiger partial charge >= 0.3 is 0 Å². The molecule has 0 spiro atoms. The molecule has 3 heteroatoms. The summed E-state index contributed by atoms with van der Waals surface area (Å²) in [7, 11) is 0. The molecule has 0 saturated heterocycles. The lowest BCUT2D eigenvalue weighted by Crippen LogP contribution is -2.00. The molecule has 1 aromatic heterocycles. The molecular weight excluding hydrogens is 271 g/mol. The molecule has 0 fully saturated rings. The molecule has 0 saturated carbocycles. The average molecular weight is 288 g/mol. The van der Waals surface area contributed by atoms with E-state index in [9.17, 15) is 9.18 Å². The van der Waals surface area contributed by atoms with Gasteiger partial charge in [0.05, 0.1) is 4.88 Å². The molecule has 0 bridgehead atoms. The van der Waals surface area contributed by atoms with Gasteiger partial charge < -0.3 is 0 Å². The van der Waals surface area contributed by atoms with Crippen molar-refractivity contribution in [3.05, 3.63) is 56.5 Å². The lowest BCUT2D eigenvalue weighted by atomic mass is 10.1. The maximum absolute atomic E-state index is 13.3. The lowest BCUT2D eigenvalue weighted by Gasteiger charge is -2.01. The van der Waals surface area contributed by atoms with Crippen molar-refractivity contribution in [2.75, 3.05) is 0 Å². The third kappa shape index (κ3) is 2.55. The number of thiophene rings is 1. The van der Waals surface area contributed by atoms with E-state index >= 15 is 0 Å². The summed E-state index contributed by atoms with van der Waals surface area (Å²) in [6.45, 7) is 1.69. The van der Waals surface area contributed by atoms with Crippen LogP contribution in [0.4, 0.5) is 4.39 Å². The number of carbonyl (C=O) groups excluding carboxylic acids is 1. The van der Waals surface area contributed by atoms with Gasteiger partial charge in [-0.2, -0.15) is 0 Å². The van der Waals surface area contributed by atoms with Gasteiger partial charge in [0.2, 0.25) is 5.78 Å². The normalized spacial score (nSPS) is 14.7. The topological polar surface area (TPSA) is 17.1 Å². The summed E-state index contributed by atoms with van der Waals surface area (Å²) in [4.78, 5) is 14.7. The number of ketones is 1. The van der Waals surface area contributed by atoms with E-state index in [1.807, 2.05) is 6.07 Å². The molecule has 3 rings (SSSR count). The number of halogens is 1. The number of aryl methyl sites for hydroxylation is 3. The Labute approximate surface area is 122 Å². The second-order valence-corrected chi connectivity index (χ2v) is 6.55. The van der Waals surface area contributed by atoms with Crippen molar-refractivity contribution in [3.8, 4) is 0 Å². The molecule has 0 atom stereocenters. The summed E-state index contributed by atoms with van der Waals surface area (Å²) in [5, 5.41) is 0. The Hall–Kier alpha value is -1.48. The van der Waals surface area contributed by atoms with Gasteiger partial charge in [0.15, 0.2) is 0 Å². The second kappa shape index (κ2) is 5.49. The standard InChI is InChI=1S/C17H17FOS/c1-11-9-13(7-8-14(11)18)17(19)16-10-12-5-3-2-4-6-15(12)20-16/h7-10H,2-6H2,1H3. The van der Waals surface area contributed by atoms with E-state index in [4.69, 9.17) is 0 Å². The van der Waals surface area contributed by atoms with Crippen molar-refractivity contribution in [1.82, 2.24) is 0 Å². The zero-order chi connectivity index (χ0) is 14.1. The Morgan fingerprint density at radius 3 is 2.75 bits per heavy atom. The van der Waals surface area contributed by atoms with Crippen LogP contribution in [0, 0.1) is 12.7 Å². The van der Waals surface area contributed by atoms with Gasteiger partial charge in [-0.3, -0.25) is 4.79 Å². The lowest BCUT2D eigenvalue weighted by molar-refractivity contribution is 0.104. The van der Waals surface area contributed by atoms with Crippen LogP contribution in [-0.2, 0) is 12.8 Å². The number of rotatable bonds is 2. The summed E-state index contributed by atoms with van der Waals surface area (Å²) < 4.78 is 13.3. The summed E-state index contributed by atoms with van der Waals surface area (Å²) >= 11 is 1.62. The maximum atomic E-state index is 13.3. The highest BCUT2D eigenvalue weighted by atomic mass is 32.1. The maximum Gasteiger partial charge on any atom is 0.202 e. The quantitative estimate of drug-likeness (QED) is 0.578. The van der Waals surface area contributed by atoms with Crippen molar-refractivity contribution in [2.45, 2.75) is 39.0 Å². The van der Waals surface area contributed by atoms with Crippen LogP contribution < -0.4 is 0 Å². The van der Waals surface area contributed by atoms with Crippen molar-refractivity contribution >= 4 is 17.1 Å². The fraction of sp³-hybridized carbons (Fsp3) is 0.353. The van der Waals surface area contributed by atoms with E-state index in [0.29, 0.717) is 11.1 Å². The van der Waals surface area contributed by atoms with Gasteiger partial charge in [-0.15, -0.1) is 11.3 Å². The third-order valence-electron chi connectivity index (χ3n) is 3.89. The fourth-order valence-electron chi connectivity index (χ4n) is 2.71. The van der Waals surface area contributed by atoms with E-state index in [0.717, 1.165) is 17.7 Å². The van der Waals surface area contributed by atoms with Crippen LogP contribution in [-0.4, -0.2) is 5.78 Å². The summed E-state index contributed by atoms with van der Waals surface area (Å²) in [6.07, 6.45) is 5.89. The first-order valence-electron chi connectivity index (χ1n) is 7.07. The fourth-order valence-corrected chi connectivity index (χ4v) is 3.92. The van der Waals surface area contributed by atoms with E-state index in [1.54, 1.807) is 30.4 Å². The molecule has 1 heterocycles. The van der Waals surface area contributed by atoms with Crippen molar-refractivity contribution in [1.29, 1.82) is 0 Å². The second-order valence-electron chi connectivity index (χ2n) is 5.41. The molecule has 0 aliphatic heterocycles. The van der Waals surface area contributed by atoms with Gasteiger partial charge in [-0.05, 0) is 68.0 Å². The predicted octanol–water partition coefficient (Wildman–Crippen LogP) is 4.70. The molecule has 1 aromatic carbocycles. The largest absolute Gasteiger partial charge is 0.288 e. The van der Waals surface area contributed by atoms with Crippen LogP contribution in [0.15, 0.2) is 24.3 Å². The van der Waals surface area contributed by atoms with E-state index < -0.39 is 0 Å². The van der Waals surface area contributed by atoms with Crippen molar-refractivity contribution < 1.29 is 9.18 Å². The SMILES string of the molecule is Cc1cc(C(=O)c2cc3c(s2)CCCCC3)ccc1F. The van der Waals surface area contributed by atoms with E-state index in [1.165, 1.54) is 35.8 Å². The molecule has 1 aliphatic carbocycles. The van der Waals surface area contributed by atoms with E-state index in [2.05, 4.69) is 0 Å². The van der Waals surface area contributed by atoms with Crippen LogP contribution in [0.2, 0.25) is 0 Å². The van der Waals surface area contributed by atoms with Crippen LogP contribution in [0.25, 0.3) is 0 Å². The van der Waals surface area contributed by atoms with Gasteiger partial charge in [-0.25, -0.2) is 4.39 Å². The van der Waals surface area contributed by atoms with Gasteiger partial charge in [0.1, 0.15) is 5.82 Å². The van der Waals surface area contributed by atoms with Crippen LogP contribution in [0.5, 0.6) is 0 Å². The minimum absolute atomic E-state index is 0.0196. The molecule has 1 nitrogen and oxygen atoms in total. The van der Waals surface area contributed by atoms with Crippen LogP contribution in [0.3, 0.4) is 0 Å². The summed E-state index contributed by atoms with van der Waals surface area (Å²) in [5.74, 6) is -0.241. The third-order valence-corrected chi connectivity index (χ3v) is 5.13.